The molecule has 1 aliphatic heterocycles. The fourth-order valence-electron chi connectivity index (χ4n) is 2.44. The van der Waals surface area contributed by atoms with Crippen molar-refractivity contribution in [3.63, 3.8) is 0 Å². The van der Waals surface area contributed by atoms with Gasteiger partial charge in [-0.05, 0) is 31.5 Å². The molecule has 0 saturated carbocycles. The summed E-state index contributed by atoms with van der Waals surface area (Å²) in [5, 5.41) is 3.49. The number of nitrogens with one attached hydrogen (secondary N) is 1. The van der Waals surface area contributed by atoms with E-state index in [1.165, 1.54) is 19.2 Å². The van der Waals surface area contributed by atoms with E-state index in [1.807, 2.05) is 6.92 Å². The lowest BCUT2D eigenvalue weighted by Crippen LogP contribution is -2.28. The number of rotatable bonds is 5. The highest BCUT2D eigenvalue weighted by Crippen LogP contribution is 2.37. The Morgan fingerprint density at radius 2 is 2.32 bits per heavy atom. The first-order chi connectivity index (χ1) is 9.17. The number of hydrogen-bond donors (Lipinski definition) is 1. The van der Waals surface area contributed by atoms with E-state index in [0.717, 1.165) is 25.9 Å². The lowest BCUT2D eigenvalue weighted by atomic mass is 9.99. The first kappa shape index (κ1) is 14.4. The van der Waals surface area contributed by atoms with Crippen LogP contribution in [-0.2, 0) is 0 Å². The maximum absolute atomic E-state index is 13.9. The van der Waals surface area contributed by atoms with Gasteiger partial charge in [0, 0.05) is 12.5 Å². The fourth-order valence-corrected chi connectivity index (χ4v) is 2.71. The number of hydrogen-bond acceptors (Lipinski definition) is 3. The summed E-state index contributed by atoms with van der Waals surface area (Å²) < 4.78 is 24.8. The molecule has 19 heavy (non-hydrogen) atoms. The Morgan fingerprint density at radius 1 is 1.53 bits per heavy atom. The summed E-state index contributed by atoms with van der Waals surface area (Å²) in [5.41, 5.74) is 0. The van der Waals surface area contributed by atoms with Gasteiger partial charge in [0.05, 0.1) is 7.11 Å². The number of halogens is 2. The molecule has 3 nitrogen and oxygen atoms in total. The molecule has 0 radical (unpaired) electrons. The minimum atomic E-state index is -0.449. The molecule has 1 saturated heterocycles. The maximum atomic E-state index is 13.9. The molecule has 106 valence electrons. The van der Waals surface area contributed by atoms with Gasteiger partial charge in [0.2, 0.25) is 0 Å². The molecule has 1 aromatic carbocycles. The first-order valence-electron chi connectivity index (χ1n) is 6.56. The number of ether oxygens (including phenoxy) is 2. The van der Waals surface area contributed by atoms with Crippen LogP contribution in [0, 0.1) is 11.7 Å². The molecule has 0 aliphatic carbocycles. The van der Waals surface area contributed by atoms with Crippen LogP contribution in [0.5, 0.6) is 11.5 Å². The zero-order chi connectivity index (χ0) is 13.8. The van der Waals surface area contributed by atoms with Gasteiger partial charge in [0.1, 0.15) is 16.9 Å². The van der Waals surface area contributed by atoms with E-state index in [0.29, 0.717) is 11.7 Å². The lowest BCUT2D eigenvalue weighted by Gasteiger charge is -2.24. The van der Waals surface area contributed by atoms with Crippen molar-refractivity contribution in [1.82, 2.24) is 5.32 Å². The molecule has 1 N–H and O–H groups in total. The van der Waals surface area contributed by atoms with E-state index < -0.39 is 5.82 Å². The SMILES string of the molecule is CC[C@H](Oc1c(F)ccc(OC)c1Cl)C1CCNC1. The van der Waals surface area contributed by atoms with Gasteiger partial charge >= 0.3 is 0 Å². The van der Waals surface area contributed by atoms with Gasteiger partial charge in [-0.1, -0.05) is 18.5 Å². The predicted octanol–water partition coefficient (Wildman–Crippen LogP) is 3.25. The fraction of sp³-hybridized carbons (Fsp3) is 0.571. The Morgan fingerprint density at radius 3 is 2.89 bits per heavy atom. The zero-order valence-corrected chi connectivity index (χ0v) is 12.0. The lowest BCUT2D eigenvalue weighted by molar-refractivity contribution is 0.132. The van der Waals surface area contributed by atoms with Crippen LogP contribution in [0.4, 0.5) is 4.39 Å². The molecule has 5 heteroatoms. The second-order valence-electron chi connectivity index (χ2n) is 4.71. The van der Waals surface area contributed by atoms with E-state index in [2.05, 4.69) is 5.32 Å². The molecular weight excluding hydrogens is 269 g/mol. The molecule has 0 spiro atoms. The molecule has 2 atom stereocenters. The van der Waals surface area contributed by atoms with Crippen molar-refractivity contribution in [3.8, 4) is 11.5 Å². The first-order valence-corrected chi connectivity index (χ1v) is 6.94. The highest BCUT2D eigenvalue weighted by molar-refractivity contribution is 6.33. The van der Waals surface area contributed by atoms with E-state index >= 15 is 0 Å². The summed E-state index contributed by atoms with van der Waals surface area (Å²) >= 11 is 6.12. The van der Waals surface area contributed by atoms with Crippen LogP contribution in [0.25, 0.3) is 0 Å². The molecule has 2 rings (SSSR count). The second kappa shape index (κ2) is 6.44. The summed E-state index contributed by atoms with van der Waals surface area (Å²) in [6.07, 6.45) is 1.83. The van der Waals surface area contributed by atoms with Crippen LogP contribution < -0.4 is 14.8 Å². The van der Waals surface area contributed by atoms with Crippen molar-refractivity contribution in [2.24, 2.45) is 5.92 Å². The highest BCUT2D eigenvalue weighted by Gasteiger charge is 2.27. The van der Waals surface area contributed by atoms with E-state index in [1.54, 1.807) is 0 Å². The van der Waals surface area contributed by atoms with Crippen LogP contribution >= 0.6 is 11.6 Å². The highest BCUT2D eigenvalue weighted by atomic mass is 35.5. The molecular formula is C14H19ClFNO2. The van der Waals surface area contributed by atoms with Crippen LogP contribution in [0.15, 0.2) is 12.1 Å². The minimum absolute atomic E-state index is 0.0332. The van der Waals surface area contributed by atoms with E-state index in [4.69, 9.17) is 21.1 Å². The van der Waals surface area contributed by atoms with Crippen molar-refractivity contribution >= 4 is 11.6 Å². The van der Waals surface area contributed by atoms with Gasteiger partial charge in [0.15, 0.2) is 11.6 Å². The maximum Gasteiger partial charge on any atom is 0.177 e. The van der Waals surface area contributed by atoms with Crippen molar-refractivity contribution in [2.75, 3.05) is 20.2 Å². The third kappa shape index (κ3) is 3.12. The number of methoxy groups -OCH3 is 1. The smallest absolute Gasteiger partial charge is 0.177 e. The summed E-state index contributed by atoms with van der Waals surface area (Å²) in [7, 11) is 1.50. The van der Waals surface area contributed by atoms with Crippen LogP contribution in [-0.4, -0.2) is 26.3 Å². The van der Waals surface area contributed by atoms with Crippen molar-refractivity contribution in [3.05, 3.63) is 23.0 Å². The Balaban J connectivity index is 2.20. The second-order valence-corrected chi connectivity index (χ2v) is 5.09. The van der Waals surface area contributed by atoms with Gasteiger partial charge in [-0.3, -0.25) is 0 Å². The van der Waals surface area contributed by atoms with E-state index in [-0.39, 0.29) is 16.9 Å². The quantitative estimate of drug-likeness (QED) is 0.902. The zero-order valence-electron chi connectivity index (χ0n) is 11.2. The molecule has 0 amide bonds. The number of benzene rings is 1. The Bertz CT molecular complexity index is 436. The topological polar surface area (TPSA) is 30.5 Å². The normalized spacial score (nSPS) is 20.3. The standard InChI is InChI=1S/C14H19ClFNO2/c1-3-11(9-6-7-17-8-9)19-14-10(16)4-5-12(18-2)13(14)15/h4-5,9,11,17H,3,6-8H2,1-2H3/t9?,11-/m0/s1. The summed E-state index contributed by atoms with van der Waals surface area (Å²) in [6.45, 7) is 3.93. The largest absolute Gasteiger partial charge is 0.495 e. The van der Waals surface area contributed by atoms with Gasteiger partial charge in [0.25, 0.3) is 0 Å². The summed E-state index contributed by atoms with van der Waals surface area (Å²) in [5.74, 6) is 0.471. The van der Waals surface area contributed by atoms with Gasteiger partial charge in [-0.15, -0.1) is 0 Å². The van der Waals surface area contributed by atoms with Gasteiger partial charge in [-0.2, -0.15) is 0 Å². The summed E-state index contributed by atoms with van der Waals surface area (Å²) in [4.78, 5) is 0. The molecule has 1 heterocycles. The summed E-state index contributed by atoms with van der Waals surface area (Å²) in [6, 6.07) is 2.82. The van der Waals surface area contributed by atoms with Crippen molar-refractivity contribution in [1.29, 1.82) is 0 Å². The molecule has 0 aromatic heterocycles. The Kier molecular flexibility index (Phi) is 4.88. The van der Waals surface area contributed by atoms with Crippen molar-refractivity contribution < 1.29 is 13.9 Å². The van der Waals surface area contributed by atoms with Crippen LogP contribution in [0.2, 0.25) is 5.02 Å². The molecule has 1 unspecified atom stereocenters. The average molecular weight is 288 g/mol. The predicted molar refractivity (Wildman–Crippen MR) is 73.6 cm³/mol. The molecule has 0 bridgehead atoms. The average Bonchev–Trinajstić information content (AvgIpc) is 2.93. The Hall–Kier alpha value is -1.00. The van der Waals surface area contributed by atoms with Gasteiger partial charge in [-0.25, -0.2) is 4.39 Å². The van der Waals surface area contributed by atoms with Crippen molar-refractivity contribution in [2.45, 2.75) is 25.9 Å². The van der Waals surface area contributed by atoms with Gasteiger partial charge < -0.3 is 14.8 Å². The van der Waals surface area contributed by atoms with Crippen LogP contribution in [0.1, 0.15) is 19.8 Å². The minimum Gasteiger partial charge on any atom is -0.495 e. The third-order valence-electron chi connectivity index (χ3n) is 3.53. The van der Waals surface area contributed by atoms with E-state index in [9.17, 15) is 4.39 Å². The molecule has 1 aliphatic rings. The molecule has 1 aromatic rings. The van der Waals surface area contributed by atoms with Crippen LogP contribution in [0.3, 0.4) is 0 Å². The monoisotopic (exact) mass is 287 g/mol. The molecule has 1 fully saturated rings. The Labute approximate surface area is 118 Å². The third-order valence-corrected chi connectivity index (χ3v) is 3.89.